The Morgan fingerprint density at radius 2 is 2.21 bits per heavy atom. The van der Waals surface area contributed by atoms with Crippen molar-refractivity contribution in [3.8, 4) is 0 Å². The fraction of sp³-hybridized carbons (Fsp3) is 0.875. The summed E-state index contributed by atoms with van der Waals surface area (Å²) in [7, 11) is 0.831. The highest BCUT2D eigenvalue weighted by Crippen LogP contribution is 1.89. The molecular weight excluding hydrogens is 220 g/mol. The summed E-state index contributed by atoms with van der Waals surface area (Å²) in [5.41, 5.74) is 0. The van der Waals surface area contributed by atoms with Crippen LogP contribution in [0.15, 0.2) is 0 Å². The van der Waals surface area contributed by atoms with Crippen LogP contribution < -0.4 is 10.6 Å². The molecule has 0 rings (SSSR count). The first-order valence-corrected chi connectivity index (χ1v) is 6.43. The molecule has 0 heterocycles. The molecule has 0 aromatic heterocycles. The van der Waals surface area contributed by atoms with E-state index >= 15 is 0 Å². The average molecular weight is 238 g/mol. The van der Waals surface area contributed by atoms with Gasteiger partial charge in [0.1, 0.15) is 0 Å². The van der Waals surface area contributed by atoms with Gasteiger partial charge in [-0.1, -0.05) is 0 Å². The van der Waals surface area contributed by atoms with Gasteiger partial charge >= 0.3 is 0 Å². The minimum Gasteiger partial charge on any atom is -0.383 e. The fourth-order valence-corrected chi connectivity index (χ4v) is 1.19. The molecule has 0 saturated carbocycles. The fourth-order valence-electron chi connectivity index (χ4n) is 0.683. The van der Waals surface area contributed by atoms with E-state index in [1.807, 2.05) is 6.92 Å². The first-order chi connectivity index (χ1) is 6.57. The van der Waals surface area contributed by atoms with Gasteiger partial charge < -0.3 is 15.4 Å². The molecule has 0 aromatic rings. The third-order valence-corrected chi connectivity index (χ3v) is 3.30. The van der Waals surface area contributed by atoms with E-state index in [-0.39, 0.29) is 5.25 Å². The SMILES string of the molecule is COCCNC(=S)NCC(C)S(C)=O. The number of methoxy groups -OCH3 is 1. The van der Waals surface area contributed by atoms with Crippen molar-refractivity contribution in [3.63, 3.8) is 0 Å². The van der Waals surface area contributed by atoms with E-state index in [1.165, 1.54) is 0 Å². The molecule has 2 unspecified atom stereocenters. The van der Waals surface area contributed by atoms with Crippen LogP contribution >= 0.6 is 12.2 Å². The zero-order valence-electron chi connectivity index (χ0n) is 8.83. The molecule has 0 bridgehead atoms. The summed E-state index contributed by atoms with van der Waals surface area (Å²) in [4.78, 5) is 0. The number of hydrogen-bond acceptors (Lipinski definition) is 3. The quantitative estimate of drug-likeness (QED) is 0.498. The molecule has 0 fully saturated rings. The Balaban J connectivity index is 3.48. The van der Waals surface area contributed by atoms with Gasteiger partial charge in [-0.2, -0.15) is 0 Å². The van der Waals surface area contributed by atoms with Gasteiger partial charge in [0.2, 0.25) is 0 Å². The Labute approximate surface area is 93.2 Å². The second kappa shape index (κ2) is 8.14. The molecule has 2 N–H and O–H groups in total. The highest BCUT2D eigenvalue weighted by molar-refractivity contribution is 7.84. The third kappa shape index (κ3) is 7.23. The standard InChI is InChI=1S/C8H18N2O2S2/c1-7(14(3)11)6-10-8(13)9-4-5-12-2/h7H,4-6H2,1-3H3,(H2,9,10,13). The maximum Gasteiger partial charge on any atom is 0.166 e. The lowest BCUT2D eigenvalue weighted by Crippen LogP contribution is -2.40. The number of hydrogen-bond donors (Lipinski definition) is 2. The second-order valence-electron chi connectivity index (χ2n) is 2.94. The Bertz CT molecular complexity index is 200. The minimum atomic E-state index is -0.809. The molecule has 14 heavy (non-hydrogen) atoms. The van der Waals surface area contributed by atoms with Crippen LogP contribution in [-0.2, 0) is 15.5 Å². The van der Waals surface area contributed by atoms with Gasteiger partial charge in [0.25, 0.3) is 0 Å². The van der Waals surface area contributed by atoms with Gasteiger partial charge in [-0.05, 0) is 19.1 Å². The van der Waals surface area contributed by atoms with Crippen molar-refractivity contribution < 1.29 is 8.95 Å². The molecular formula is C8H18N2O2S2. The van der Waals surface area contributed by atoms with Crippen molar-refractivity contribution in [2.24, 2.45) is 0 Å². The van der Waals surface area contributed by atoms with E-state index < -0.39 is 10.8 Å². The number of nitrogens with one attached hydrogen (secondary N) is 2. The Morgan fingerprint density at radius 3 is 2.71 bits per heavy atom. The van der Waals surface area contributed by atoms with Crippen molar-refractivity contribution in [1.29, 1.82) is 0 Å². The Morgan fingerprint density at radius 1 is 1.57 bits per heavy atom. The van der Waals surface area contributed by atoms with Crippen molar-refractivity contribution in [1.82, 2.24) is 10.6 Å². The lowest BCUT2D eigenvalue weighted by atomic mass is 10.5. The van der Waals surface area contributed by atoms with Gasteiger partial charge in [-0.25, -0.2) is 0 Å². The van der Waals surface area contributed by atoms with Crippen LogP contribution in [0, 0.1) is 0 Å². The maximum atomic E-state index is 11.0. The molecule has 0 aliphatic heterocycles. The smallest absolute Gasteiger partial charge is 0.166 e. The first-order valence-electron chi connectivity index (χ1n) is 4.40. The van der Waals surface area contributed by atoms with Gasteiger partial charge in [0.05, 0.1) is 6.61 Å². The zero-order chi connectivity index (χ0) is 11.0. The number of ether oxygens (including phenoxy) is 1. The summed E-state index contributed by atoms with van der Waals surface area (Å²) >= 11 is 5.00. The highest BCUT2D eigenvalue weighted by Gasteiger charge is 2.05. The summed E-state index contributed by atoms with van der Waals surface area (Å²) in [5, 5.41) is 6.66. The lowest BCUT2D eigenvalue weighted by Gasteiger charge is -2.12. The third-order valence-electron chi connectivity index (χ3n) is 1.71. The normalized spacial score (nSPS) is 14.5. The van der Waals surface area contributed by atoms with Crippen LogP contribution in [0.5, 0.6) is 0 Å². The molecule has 0 saturated heterocycles. The van der Waals surface area contributed by atoms with E-state index in [0.717, 1.165) is 0 Å². The second-order valence-corrected chi connectivity index (χ2v) is 5.15. The number of rotatable bonds is 6. The van der Waals surface area contributed by atoms with E-state index in [4.69, 9.17) is 17.0 Å². The molecule has 0 radical (unpaired) electrons. The minimum absolute atomic E-state index is 0.108. The summed E-state index contributed by atoms with van der Waals surface area (Å²) in [6.45, 7) is 3.85. The van der Waals surface area contributed by atoms with Crippen molar-refractivity contribution >= 4 is 28.1 Å². The Hall–Kier alpha value is -0.200. The van der Waals surface area contributed by atoms with E-state index in [1.54, 1.807) is 13.4 Å². The molecule has 6 heteroatoms. The van der Waals surface area contributed by atoms with Crippen molar-refractivity contribution in [2.45, 2.75) is 12.2 Å². The molecule has 0 aliphatic carbocycles. The maximum absolute atomic E-state index is 11.0. The van der Waals surface area contributed by atoms with Crippen LogP contribution in [0.1, 0.15) is 6.92 Å². The van der Waals surface area contributed by atoms with Gasteiger partial charge in [-0.15, -0.1) is 0 Å². The lowest BCUT2D eigenvalue weighted by molar-refractivity contribution is 0.204. The zero-order valence-corrected chi connectivity index (χ0v) is 10.5. The topological polar surface area (TPSA) is 50.4 Å². The molecule has 0 spiro atoms. The molecule has 0 aromatic carbocycles. The average Bonchev–Trinajstić information content (AvgIpc) is 2.14. The van der Waals surface area contributed by atoms with Crippen LogP contribution in [0.3, 0.4) is 0 Å². The van der Waals surface area contributed by atoms with Crippen LogP contribution in [0.25, 0.3) is 0 Å². The van der Waals surface area contributed by atoms with E-state index in [2.05, 4.69) is 10.6 Å². The summed E-state index contributed by atoms with van der Waals surface area (Å²) in [5.74, 6) is 0. The van der Waals surface area contributed by atoms with Crippen molar-refractivity contribution in [2.75, 3.05) is 33.1 Å². The molecule has 0 amide bonds. The predicted molar refractivity (Wildman–Crippen MR) is 64.0 cm³/mol. The molecule has 0 aliphatic rings. The first kappa shape index (κ1) is 13.8. The summed E-state index contributed by atoms with van der Waals surface area (Å²) in [6, 6.07) is 0. The predicted octanol–water partition coefficient (Wildman–Crippen LogP) is -0.136. The molecule has 84 valence electrons. The van der Waals surface area contributed by atoms with Crippen LogP contribution in [0.4, 0.5) is 0 Å². The van der Waals surface area contributed by atoms with E-state index in [9.17, 15) is 4.21 Å². The summed E-state index contributed by atoms with van der Waals surface area (Å²) < 4.78 is 15.9. The van der Waals surface area contributed by atoms with Crippen molar-refractivity contribution in [3.05, 3.63) is 0 Å². The van der Waals surface area contributed by atoms with Crippen LogP contribution in [0.2, 0.25) is 0 Å². The van der Waals surface area contributed by atoms with Gasteiger partial charge in [0.15, 0.2) is 5.11 Å². The van der Waals surface area contributed by atoms with Crippen LogP contribution in [-0.4, -0.2) is 47.6 Å². The molecule has 4 nitrogen and oxygen atoms in total. The van der Waals surface area contributed by atoms with Gasteiger partial charge in [-0.3, -0.25) is 4.21 Å². The number of thiocarbonyl (C=S) groups is 1. The largest absolute Gasteiger partial charge is 0.383 e. The van der Waals surface area contributed by atoms with E-state index in [0.29, 0.717) is 24.8 Å². The highest BCUT2D eigenvalue weighted by atomic mass is 32.2. The van der Waals surface area contributed by atoms with Gasteiger partial charge in [0, 0.05) is 42.5 Å². The molecule has 2 atom stereocenters. The monoisotopic (exact) mass is 238 g/mol. The Kier molecular flexibility index (Phi) is 8.02. The summed E-state index contributed by atoms with van der Waals surface area (Å²) in [6.07, 6.45) is 1.69.